The van der Waals surface area contributed by atoms with Crippen molar-refractivity contribution >= 4 is 5.69 Å². The molecule has 0 bridgehead atoms. The maximum absolute atomic E-state index is 5.83. The number of nitrogen functional groups attached to an aromatic ring is 1. The van der Waals surface area contributed by atoms with Crippen molar-refractivity contribution in [3.05, 3.63) is 29.8 Å². The number of hydrogen-bond acceptors (Lipinski definition) is 2. The van der Waals surface area contributed by atoms with Gasteiger partial charge in [-0.25, -0.2) is 0 Å². The van der Waals surface area contributed by atoms with Crippen LogP contribution in [0.25, 0.3) is 0 Å². The molecule has 1 aromatic carbocycles. The number of benzene rings is 1. The van der Waals surface area contributed by atoms with E-state index in [-0.39, 0.29) is 0 Å². The second kappa shape index (κ2) is 5.76. The largest absolute Gasteiger partial charge is 0.398 e. The minimum absolute atomic E-state index is 0.296. The Morgan fingerprint density at radius 2 is 1.87 bits per heavy atom. The summed E-state index contributed by atoms with van der Waals surface area (Å²) < 4.78 is 5.74. The molecule has 0 saturated heterocycles. The fourth-order valence-corrected chi connectivity index (χ4v) is 1.63. The van der Waals surface area contributed by atoms with E-state index in [0.29, 0.717) is 18.6 Å². The summed E-state index contributed by atoms with van der Waals surface area (Å²) >= 11 is 0. The first-order chi connectivity index (χ1) is 7.09. The highest BCUT2D eigenvalue weighted by Gasteiger charge is 2.06. The monoisotopic (exact) mass is 207 g/mol. The minimum atomic E-state index is 0.296. The van der Waals surface area contributed by atoms with Crippen LogP contribution in [0.3, 0.4) is 0 Å². The fraction of sp³-hybridized carbons (Fsp3) is 0.538. The molecule has 0 amide bonds. The van der Waals surface area contributed by atoms with Gasteiger partial charge >= 0.3 is 0 Å². The van der Waals surface area contributed by atoms with Gasteiger partial charge in [-0.05, 0) is 25.3 Å². The lowest BCUT2D eigenvalue weighted by Gasteiger charge is -2.15. The van der Waals surface area contributed by atoms with Crippen LogP contribution in [0, 0.1) is 5.92 Å². The Labute approximate surface area is 92.4 Å². The highest BCUT2D eigenvalue weighted by atomic mass is 16.5. The van der Waals surface area contributed by atoms with E-state index in [1.54, 1.807) is 0 Å². The molecule has 0 spiro atoms. The number of para-hydroxylation sites is 1. The van der Waals surface area contributed by atoms with Crippen LogP contribution < -0.4 is 5.73 Å². The normalized spacial score (nSPS) is 13.1. The molecule has 0 aliphatic rings. The number of nitrogens with two attached hydrogens (primary N) is 1. The van der Waals surface area contributed by atoms with Gasteiger partial charge in [0.25, 0.3) is 0 Å². The predicted molar refractivity (Wildman–Crippen MR) is 64.6 cm³/mol. The second-order valence-corrected chi connectivity index (χ2v) is 4.45. The molecule has 0 saturated carbocycles. The molecule has 0 aliphatic carbocycles. The highest BCUT2D eigenvalue weighted by molar-refractivity contribution is 5.45. The second-order valence-electron chi connectivity index (χ2n) is 4.45. The van der Waals surface area contributed by atoms with E-state index in [4.69, 9.17) is 10.5 Å². The Morgan fingerprint density at radius 1 is 1.20 bits per heavy atom. The van der Waals surface area contributed by atoms with Crippen LogP contribution in [-0.2, 0) is 11.3 Å². The first-order valence-electron chi connectivity index (χ1n) is 5.54. The van der Waals surface area contributed by atoms with Crippen molar-refractivity contribution in [2.45, 2.75) is 39.9 Å². The third-order valence-corrected chi connectivity index (χ3v) is 2.38. The Morgan fingerprint density at radius 3 is 2.47 bits per heavy atom. The predicted octanol–water partition coefficient (Wildman–Crippen LogP) is 3.22. The van der Waals surface area contributed by atoms with E-state index >= 15 is 0 Å². The van der Waals surface area contributed by atoms with Crippen molar-refractivity contribution in [1.29, 1.82) is 0 Å². The molecule has 2 heteroatoms. The summed E-state index contributed by atoms with van der Waals surface area (Å²) in [7, 11) is 0. The molecule has 0 heterocycles. The lowest BCUT2D eigenvalue weighted by molar-refractivity contribution is 0.0400. The third-order valence-electron chi connectivity index (χ3n) is 2.38. The van der Waals surface area contributed by atoms with Crippen LogP contribution in [0.5, 0.6) is 0 Å². The van der Waals surface area contributed by atoms with Gasteiger partial charge < -0.3 is 10.5 Å². The number of ether oxygens (including phenoxy) is 1. The van der Waals surface area contributed by atoms with Gasteiger partial charge in [0.05, 0.1) is 12.7 Å². The molecule has 84 valence electrons. The van der Waals surface area contributed by atoms with Crippen molar-refractivity contribution in [2.24, 2.45) is 5.92 Å². The molecule has 1 atom stereocenters. The van der Waals surface area contributed by atoms with E-state index in [2.05, 4.69) is 20.8 Å². The van der Waals surface area contributed by atoms with E-state index in [9.17, 15) is 0 Å². The standard InChI is InChI=1S/C13H21NO/c1-10(2)8-11(3)15-9-12-6-4-5-7-13(12)14/h4-7,10-11H,8-9,14H2,1-3H3. The zero-order valence-electron chi connectivity index (χ0n) is 9.86. The van der Waals surface area contributed by atoms with E-state index in [0.717, 1.165) is 17.7 Å². The van der Waals surface area contributed by atoms with Gasteiger partial charge in [0.2, 0.25) is 0 Å². The molecule has 1 unspecified atom stereocenters. The molecule has 1 rings (SSSR count). The van der Waals surface area contributed by atoms with Gasteiger partial charge in [-0.15, -0.1) is 0 Å². The minimum Gasteiger partial charge on any atom is -0.398 e. The van der Waals surface area contributed by atoms with Crippen LogP contribution in [0.1, 0.15) is 32.8 Å². The van der Waals surface area contributed by atoms with Gasteiger partial charge in [-0.3, -0.25) is 0 Å². The van der Waals surface area contributed by atoms with E-state index in [1.807, 2.05) is 24.3 Å². The van der Waals surface area contributed by atoms with Gasteiger partial charge in [0.15, 0.2) is 0 Å². The molecule has 1 aromatic rings. The average Bonchev–Trinajstić information content (AvgIpc) is 2.15. The molecular weight excluding hydrogens is 186 g/mol. The van der Waals surface area contributed by atoms with Crippen LogP contribution in [0.2, 0.25) is 0 Å². The van der Waals surface area contributed by atoms with Crippen LogP contribution in [-0.4, -0.2) is 6.10 Å². The fourth-order valence-electron chi connectivity index (χ4n) is 1.63. The lowest BCUT2D eigenvalue weighted by Crippen LogP contribution is -2.11. The first-order valence-corrected chi connectivity index (χ1v) is 5.54. The van der Waals surface area contributed by atoms with Crippen molar-refractivity contribution in [1.82, 2.24) is 0 Å². The molecule has 0 radical (unpaired) electrons. The van der Waals surface area contributed by atoms with Crippen molar-refractivity contribution in [3.63, 3.8) is 0 Å². The van der Waals surface area contributed by atoms with Crippen LogP contribution >= 0.6 is 0 Å². The highest BCUT2D eigenvalue weighted by Crippen LogP contribution is 2.14. The Kier molecular flexibility index (Phi) is 4.63. The summed E-state index contributed by atoms with van der Waals surface area (Å²) in [6.45, 7) is 7.13. The maximum Gasteiger partial charge on any atom is 0.0740 e. The Bertz CT molecular complexity index is 296. The summed E-state index contributed by atoms with van der Waals surface area (Å²) in [4.78, 5) is 0. The topological polar surface area (TPSA) is 35.2 Å². The SMILES string of the molecule is CC(C)CC(C)OCc1ccccc1N. The first kappa shape index (κ1) is 12.1. The van der Waals surface area contributed by atoms with Gasteiger partial charge in [-0.1, -0.05) is 32.0 Å². The van der Waals surface area contributed by atoms with Crippen molar-refractivity contribution in [2.75, 3.05) is 5.73 Å². The zero-order chi connectivity index (χ0) is 11.3. The molecule has 2 nitrogen and oxygen atoms in total. The lowest BCUT2D eigenvalue weighted by atomic mass is 10.1. The summed E-state index contributed by atoms with van der Waals surface area (Å²) in [5, 5.41) is 0. The number of anilines is 1. The van der Waals surface area contributed by atoms with E-state index in [1.165, 1.54) is 0 Å². The van der Waals surface area contributed by atoms with Crippen molar-refractivity contribution in [3.8, 4) is 0 Å². The molecule has 0 aromatic heterocycles. The summed E-state index contributed by atoms with van der Waals surface area (Å²) in [5.74, 6) is 0.674. The molecule has 0 fully saturated rings. The van der Waals surface area contributed by atoms with E-state index < -0.39 is 0 Å². The van der Waals surface area contributed by atoms with Gasteiger partial charge in [-0.2, -0.15) is 0 Å². The average molecular weight is 207 g/mol. The quantitative estimate of drug-likeness (QED) is 0.752. The van der Waals surface area contributed by atoms with Crippen molar-refractivity contribution < 1.29 is 4.74 Å². The Balaban J connectivity index is 2.40. The molecule has 2 N–H and O–H groups in total. The maximum atomic E-state index is 5.83. The number of hydrogen-bond donors (Lipinski definition) is 1. The molecular formula is C13H21NO. The molecule has 15 heavy (non-hydrogen) atoms. The Hall–Kier alpha value is -1.02. The van der Waals surface area contributed by atoms with Crippen LogP contribution in [0.4, 0.5) is 5.69 Å². The third kappa shape index (κ3) is 4.34. The van der Waals surface area contributed by atoms with Crippen LogP contribution in [0.15, 0.2) is 24.3 Å². The van der Waals surface area contributed by atoms with Gasteiger partial charge in [0, 0.05) is 11.3 Å². The molecule has 0 aliphatic heterocycles. The summed E-state index contributed by atoms with van der Waals surface area (Å²) in [6.07, 6.45) is 1.39. The zero-order valence-corrected chi connectivity index (χ0v) is 9.86. The van der Waals surface area contributed by atoms with Gasteiger partial charge in [0.1, 0.15) is 0 Å². The summed E-state index contributed by atoms with van der Waals surface area (Å²) in [5.41, 5.74) is 7.72. The number of rotatable bonds is 5. The smallest absolute Gasteiger partial charge is 0.0740 e. The summed E-state index contributed by atoms with van der Waals surface area (Å²) in [6, 6.07) is 7.85.